The molecule has 1 aromatic rings. The number of hydrogen-bond acceptors (Lipinski definition) is 1. The summed E-state index contributed by atoms with van der Waals surface area (Å²) >= 11 is 3.46. The van der Waals surface area contributed by atoms with Crippen molar-refractivity contribution in [3.8, 4) is 0 Å². The average Bonchev–Trinajstić information content (AvgIpc) is 2.56. The molecule has 1 aliphatic rings. The largest absolute Gasteiger partial charge is 0.371 e. The van der Waals surface area contributed by atoms with Crippen molar-refractivity contribution in [2.24, 2.45) is 0 Å². The van der Waals surface area contributed by atoms with Crippen molar-refractivity contribution < 1.29 is 0 Å². The third-order valence-corrected chi connectivity index (χ3v) is 2.69. The smallest absolute Gasteiger partial charge is 0.0457 e. The van der Waals surface area contributed by atoms with Crippen molar-refractivity contribution in [3.63, 3.8) is 0 Å². The van der Waals surface area contributed by atoms with Gasteiger partial charge in [0, 0.05) is 29.3 Å². The van der Waals surface area contributed by atoms with Gasteiger partial charge < -0.3 is 4.90 Å². The Kier molecular flexibility index (Phi) is 2.35. The lowest BCUT2D eigenvalue weighted by atomic mass is 10.3. The maximum absolute atomic E-state index is 3.46. The van der Waals surface area contributed by atoms with E-state index in [9.17, 15) is 0 Å². The van der Waals surface area contributed by atoms with Gasteiger partial charge in [0.1, 0.15) is 0 Å². The van der Waals surface area contributed by atoms with Crippen LogP contribution in [0.5, 0.6) is 0 Å². The Morgan fingerprint density at radius 3 is 2.75 bits per heavy atom. The zero-order chi connectivity index (χ0) is 8.39. The van der Waals surface area contributed by atoms with Crippen molar-refractivity contribution >= 4 is 21.6 Å². The number of nitrogens with zero attached hydrogens (tertiary/aromatic N) is 1. The first kappa shape index (κ1) is 8.11. The topological polar surface area (TPSA) is 3.24 Å². The van der Waals surface area contributed by atoms with Crippen molar-refractivity contribution in [2.75, 3.05) is 18.0 Å². The number of rotatable bonds is 1. The minimum atomic E-state index is 1.14. The van der Waals surface area contributed by atoms with Crippen LogP contribution in [0.15, 0.2) is 22.7 Å². The van der Waals surface area contributed by atoms with E-state index in [2.05, 4.69) is 33.0 Å². The molecule has 1 aromatic carbocycles. The third-order valence-electron chi connectivity index (χ3n) is 2.20. The number of benzene rings is 1. The standard InChI is InChI=1S/C10H11BrN/c11-9-4-3-5-10(8-9)12-6-1-2-7-12/h3-4,8H,1-2,6-7H2. The molecule has 63 valence electrons. The summed E-state index contributed by atoms with van der Waals surface area (Å²) in [5.41, 5.74) is 1.22. The predicted molar refractivity (Wildman–Crippen MR) is 54.4 cm³/mol. The fourth-order valence-electron chi connectivity index (χ4n) is 1.57. The quantitative estimate of drug-likeness (QED) is 0.710. The van der Waals surface area contributed by atoms with Crippen LogP contribution in [0.1, 0.15) is 12.8 Å². The van der Waals surface area contributed by atoms with Crippen LogP contribution in [0, 0.1) is 6.07 Å². The molecule has 2 rings (SSSR count). The van der Waals surface area contributed by atoms with Gasteiger partial charge in [-0.2, -0.15) is 0 Å². The van der Waals surface area contributed by atoms with Crippen LogP contribution >= 0.6 is 15.9 Å². The van der Waals surface area contributed by atoms with Crippen LogP contribution in [0.4, 0.5) is 5.69 Å². The Morgan fingerprint density at radius 1 is 1.33 bits per heavy atom. The maximum atomic E-state index is 3.46. The highest BCUT2D eigenvalue weighted by atomic mass is 79.9. The Morgan fingerprint density at radius 2 is 2.08 bits per heavy atom. The summed E-state index contributed by atoms with van der Waals surface area (Å²) in [4.78, 5) is 2.38. The van der Waals surface area contributed by atoms with Gasteiger partial charge in [-0.25, -0.2) is 0 Å². The molecule has 1 aliphatic heterocycles. The molecule has 1 heterocycles. The van der Waals surface area contributed by atoms with Crippen LogP contribution in [-0.4, -0.2) is 13.1 Å². The molecule has 0 saturated carbocycles. The highest BCUT2D eigenvalue weighted by Crippen LogP contribution is 2.22. The van der Waals surface area contributed by atoms with Gasteiger partial charge in [-0.15, -0.1) is 0 Å². The van der Waals surface area contributed by atoms with Crippen molar-refractivity contribution in [3.05, 3.63) is 28.7 Å². The van der Waals surface area contributed by atoms with Crippen molar-refractivity contribution in [1.82, 2.24) is 0 Å². The van der Waals surface area contributed by atoms with E-state index < -0.39 is 0 Å². The molecule has 2 heteroatoms. The normalized spacial score (nSPS) is 16.9. The molecule has 0 N–H and O–H groups in total. The number of halogens is 1. The average molecular weight is 225 g/mol. The first-order valence-corrected chi connectivity index (χ1v) is 5.08. The van der Waals surface area contributed by atoms with E-state index in [1.165, 1.54) is 31.6 Å². The van der Waals surface area contributed by atoms with Gasteiger partial charge in [-0.1, -0.05) is 22.0 Å². The lowest BCUT2D eigenvalue weighted by Gasteiger charge is -2.16. The fourth-order valence-corrected chi connectivity index (χ4v) is 1.92. The van der Waals surface area contributed by atoms with E-state index in [4.69, 9.17) is 0 Å². The van der Waals surface area contributed by atoms with Gasteiger partial charge in [-0.05, 0) is 25.0 Å². The zero-order valence-corrected chi connectivity index (χ0v) is 8.47. The molecule has 12 heavy (non-hydrogen) atoms. The summed E-state index contributed by atoms with van der Waals surface area (Å²) in [6, 6.07) is 9.36. The van der Waals surface area contributed by atoms with Crippen LogP contribution < -0.4 is 4.90 Å². The van der Waals surface area contributed by atoms with Gasteiger partial charge in [-0.3, -0.25) is 0 Å². The minimum Gasteiger partial charge on any atom is -0.371 e. The van der Waals surface area contributed by atoms with Gasteiger partial charge >= 0.3 is 0 Å². The molecule has 0 amide bonds. The third kappa shape index (κ3) is 1.63. The van der Waals surface area contributed by atoms with E-state index >= 15 is 0 Å². The highest BCUT2D eigenvalue weighted by Gasteiger charge is 2.11. The molecule has 0 aliphatic carbocycles. The molecule has 1 radical (unpaired) electrons. The summed E-state index contributed by atoms with van der Waals surface area (Å²) in [6.45, 7) is 2.37. The number of anilines is 1. The molecule has 1 nitrogen and oxygen atoms in total. The molecular weight excluding hydrogens is 214 g/mol. The van der Waals surface area contributed by atoms with E-state index in [1.807, 2.05) is 12.1 Å². The lowest BCUT2D eigenvalue weighted by molar-refractivity contribution is 0.949. The van der Waals surface area contributed by atoms with E-state index in [1.54, 1.807) is 0 Å². The molecule has 0 bridgehead atoms. The number of hydrogen-bond donors (Lipinski definition) is 0. The Hall–Kier alpha value is -0.500. The second kappa shape index (κ2) is 3.48. The SMILES string of the molecule is Brc1cc[c]c(N2CCCC2)c1. The van der Waals surface area contributed by atoms with E-state index in [-0.39, 0.29) is 0 Å². The van der Waals surface area contributed by atoms with Crippen molar-refractivity contribution in [2.45, 2.75) is 12.8 Å². The van der Waals surface area contributed by atoms with Gasteiger partial charge in [0.25, 0.3) is 0 Å². The van der Waals surface area contributed by atoms with Gasteiger partial charge in [0.05, 0.1) is 0 Å². The zero-order valence-electron chi connectivity index (χ0n) is 6.89. The van der Waals surface area contributed by atoms with Crippen LogP contribution in [0.2, 0.25) is 0 Å². The molecule has 0 spiro atoms. The Labute approximate surface area is 81.5 Å². The molecule has 0 atom stereocenters. The summed E-state index contributed by atoms with van der Waals surface area (Å²) < 4.78 is 1.14. The molecule has 0 unspecified atom stereocenters. The maximum Gasteiger partial charge on any atom is 0.0457 e. The Bertz CT molecular complexity index is 266. The van der Waals surface area contributed by atoms with E-state index in [0.29, 0.717) is 0 Å². The van der Waals surface area contributed by atoms with Crippen LogP contribution in [0.3, 0.4) is 0 Å². The fraction of sp³-hybridized carbons (Fsp3) is 0.400. The summed E-state index contributed by atoms with van der Waals surface area (Å²) in [5.74, 6) is 0. The molecule has 0 aromatic heterocycles. The summed E-state index contributed by atoms with van der Waals surface area (Å²) in [6.07, 6.45) is 2.64. The first-order valence-electron chi connectivity index (χ1n) is 4.28. The lowest BCUT2D eigenvalue weighted by Crippen LogP contribution is -2.17. The molecule has 1 fully saturated rings. The second-order valence-corrected chi connectivity index (χ2v) is 4.00. The van der Waals surface area contributed by atoms with Gasteiger partial charge in [0.15, 0.2) is 0 Å². The second-order valence-electron chi connectivity index (χ2n) is 3.09. The minimum absolute atomic E-state index is 1.14. The Balaban J connectivity index is 2.21. The van der Waals surface area contributed by atoms with E-state index in [0.717, 1.165) is 4.47 Å². The predicted octanol–water partition coefficient (Wildman–Crippen LogP) is 2.85. The highest BCUT2D eigenvalue weighted by molar-refractivity contribution is 9.10. The first-order chi connectivity index (χ1) is 5.86. The van der Waals surface area contributed by atoms with Crippen LogP contribution in [-0.2, 0) is 0 Å². The summed E-state index contributed by atoms with van der Waals surface area (Å²) in [7, 11) is 0. The molecule has 1 saturated heterocycles. The van der Waals surface area contributed by atoms with Crippen molar-refractivity contribution in [1.29, 1.82) is 0 Å². The monoisotopic (exact) mass is 224 g/mol. The van der Waals surface area contributed by atoms with Gasteiger partial charge in [0.2, 0.25) is 0 Å². The van der Waals surface area contributed by atoms with Crippen LogP contribution in [0.25, 0.3) is 0 Å². The molecular formula is C10H11BrN. The summed E-state index contributed by atoms with van der Waals surface area (Å²) in [5, 5.41) is 0.